The van der Waals surface area contributed by atoms with Gasteiger partial charge in [-0.05, 0) is 49.6 Å². The lowest BCUT2D eigenvalue weighted by atomic mass is 9.81. The molecule has 1 heteroatoms. The van der Waals surface area contributed by atoms with Crippen molar-refractivity contribution in [2.75, 3.05) is 13.1 Å². The van der Waals surface area contributed by atoms with Crippen LogP contribution in [0, 0.1) is 17.3 Å². The Bertz CT molecular complexity index is 172. The monoisotopic (exact) mass is 225 g/mol. The molecule has 96 valence electrons. The molecule has 0 atom stereocenters. The van der Waals surface area contributed by atoms with Crippen LogP contribution in [-0.4, -0.2) is 13.1 Å². The topological polar surface area (TPSA) is 12.0 Å². The Balaban J connectivity index is 2.02. The highest BCUT2D eigenvalue weighted by molar-refractivity contribution is 4.73. The van der Waals surface area contributed by atoms with Crippen molar-refractivity contribution in [1.82, 2.24) is 5.32 Å². The SMILES string of the molecule is CCC1CCC(CNCCC(C)(C)C)CC1. The van der Waals surface area contributed by atoms with E-state index in [9.17, 15) is 0 Å². The van der Waals surface area contributed by atoms with E-state index in [1.54, 1.807) is 0 Å². The van der Waals surface area contributed by atoms with Crippen LogP contribution >= 0.6 is 0 Å². The average Bonchev–Trinajstić information content (AvgIpc) is 2.24. The van der Waals surface area contributed by atoms with Gasteiger partial charge >= 0.3 is 0 Å². The van der Waals surface area contributed by atoms with E-state index >= 15 is 0 Å². The Morgan fingerprint density at radius 3 is 2.06 bits per heavy atom. The molecule has 1 saturated carbocycles. The molecule has 0 amide bonds. The highest BCUT2D eigenvalue weighted by Gasteiger charge is 2.19. The molecule has 1 aliphatic carbocycles. The lowest BCUT2D eigenvalue weighted by molar-refractivity contribution is 0.258. The quantitative estimate of drug-likeness (QED) is 0.691. The Hall–Kier alpha value is -0.0400. The van der Waals surface area contributed by atoms with Gasteiger partial charge in [-0.1, -0.05) is 47.0 Å². The van der Waals surface area contributed by atoms with Crippen LogP contribution in [0.3, 0.4) is 0 Å². The normalized spacial score (nSPS) is 27.0. The first-order valence-corrected chi connectivity index (χ1v) is 7.22. The first-order valence-electron chi connectivity index (χ1n) is 7.22. The van der Waals surface area contributed by atoms with Crippen molar-refractivity contribution < 1.29 is 0 Å². The highest BCUT2D eigenvalue weighted by Crippen LogP contribution is 2.30. The van der Waals surface area contributed by atoms with E-state index in [0.717, 1.165) is 11.8 Å². The fourth-order valence-corrected chi connectivity index (χ4v) is 2.61. The molecule has 1 nitrogen and oxygen atoms in total. The molecule has 0 saturated heterocycles. The summed E-state index contributed by atoms with van der Waals surface area (Å²) in [5, 5.41) is 3.64. The maximum atomic E-state index is 3.64. The van der Waals surface area contributed by atoms with Crippen LogP contribution in [0.5, 0.6) is 0 Å². The van der Waals surface area contributed by atoms with Gasteiger partial charge in [-0.25, -0.2) is 0 Å². The summed E-state index contributed by atoms with van der Waals surface area (Å²) in [6.45, 7) is 11.7. The Kier molecular flexibility index (Phi) is 5.82. The summed E-state index contributed by atoms with van der Waals surface area (Å²) in [6, 6.07) is 0. The van der Waals surface area contributed by atoms with Gasteiger partial charge in [-0.3, -0.25) is 0 Å². The third-order valence-electron chi connectivity index (χ3n) is 4.03. The van der Waals surface area contributed by atoms with Gasteiger partial charge in [-0.15, -0.1) is 0 Å². The Morgan fingerprint density at radius 2 is 1.56 bits per heavy atom. The lowest BCUT2D eigenvalue weighted by Gasteiger charge is -2.28. The zero-order valence-electron chi connectivity index (χ0n) is 11.8. The zero-order valence-corrected chi connectivity index (χ0v) is 11.8. The summed E-state index contributed by atoms with van der Waals surface area (Å²) in [7, 11) is 0. The molecule has 16 heavy (non-hydrogen) atoms. The van der Waals surface area contributed by atoms with Crippen molar-refractivity contribution in [3.8, 4) is 0 Å². The van der Waals surface area contributed by atoms with Crippen molar-refractivity contribution in [1.29, 1.82) is 0 Å². The van der Waals surface area contributed by atoms with E-state index in [1.165, 1.54) is 51.6 Å². The van der Waals surface area contributed by atoms with Crippen LogP contribution in [0.4, 0.5) is 0 Å². The van der Waals surface area contributed by atoms with Gasteiger partial charge in [0.25, 0.3) is 0 Å². The van der Waals surface area contributed by atoms with Gasteiger partial charge in [-0.2, -0.15) is 0 Å². The molecule has 0 aliphatic heterocycles. The number of rotatable bonds is 5. The minimum atomic E-state index is 0.479. The third kappa shape index (κ3) is 5.89. The summed E-state index contributed by atoms with van der Waals surface area (Å²) in [5.74, 6) is 1.99. The molecular weight excluding hydrogens is 194 g/mol. The standard InChI is InChI=1S/C15H31N/c1-5-13-6-8-14(9-7-13)12-16-11-10-15(2,3)4/h13-14,16H,5-12H2,1-4H3. The molecule has 0 radical (unpaired) electrons. The van der Waals surface area contributed by atoms with Gasteiger partial charge in [0.05, 0.1) is 0 Å². The fraction of sp³-hybridized carbons (Fsp3) is 1.00. The maximum Gasteiger partial charge on any atom is -0.00205 e. The maximum absolute atomic E-state index is 3.64. The van der Waals surface area contributed by atoms with Gasteiger partial charge in [0.15, 0.2) is 0 Å². The second-order valence-corrected chi connectivity index (χ2v) is 6.81. The van der Waals surface area contributed by atoms with Crippen LogP contribution < -0.4 is 5.32 Å². The Labute approximate surface area is 102 Å². The van der Waals surface area contributed by atoms with Crippen molar-refractivity contribution in [2.24, 2.45) is 17.3 Å². The van der Waals surface area contributed by atoms with E-state index in [4.69, 9.17) is 0 Å². The van der Waals surface area contributed by atoms with E-state index in [0.29, 0.717) is 5.41 Å². The molecule has 0 unspecified atom stereocenters. The largest absolute Gasteiger partial charge is 0.316 e. The lowest BCUT2D eigenvalue weighted by Crippen LogP contribution is -2.28. The number of hydrogen-bond acceptors (Lipinski definition) is 1. The van der Waals surface area contributed by atoms with E-state index in [2.05, 4.69) is 33.0 Å². The van der Waals surface area contributed by atoms with Crippen LogP contribution in [-0.2, 0) is 0 Å². The molecular formula is C15H31N. The average molecular weight is 225 g/mol. The predicted molar refractivity (Wildman–Crippen MR) is 72.7 cm³/mol. The summed E-state index contributed by atoms with van der Waals surface area (Å²) >= 11 is 0. The number of hydrogen-bond donors (Lipinski definition) is 1. The summed E-state index contributed by atoms with van der Waals surface area (Å²) in [5.41, 5.74) is 0.479. The van der Waals surface area contributed by atoms with E-state index in [1.807, 2.05) is 0 Å². The molecule has 1 N–H and O–H groups in total. The van der Waals surface area contributed by atoms with E-state index in [-0.39, 0.29) is 0 Å². The Morgan fingerprint density at radius 1 is 1.00 bits per heavy atom. The van der Waals surface area contributed by atoms with Crippen LogP contribution in [0.1, 0.15) is 66.2 Å². The van der Waals surface area contributed by atoms with Crippen LogP contribution in [0.15, 0.2) is 0 Å². The second kappa shape index (κ2) is 6.64. The summed E-state index contributed by atoms with van der Waals surface area (Å²) < 4.78 is 0. The first kappa shape index (κ1) is 14.0. The van der Waals surface area contributed by atoms with Crippen molar-refractivity contribution in [3.63, 3.8) is 0 Å². The van der Waals surface area contributed by atoms with E-state index < -0.39 is 0 Å². The zero-order chi connectivity index (χ0) is 12.0. The first-order chi connectivity index (χ1) is 7.51. The molecule has 1 aliphatic rings. The predicted octanol–water partition coefficient (Wildman–Crippen LogP) is 4.23. The molecule has 0 aromatic rings. The molecule has 0 aromatic heterocycles. The summed E-state index contributed by atoms with van der Waals surface area (Å²) in [4.78, 5) is 0. The van der Waals surface area contributed by atoms with Crippen LogP contribution in [0.25, 0.3) is 0 Å². The molecule has 0 heterocycles. The van der Waals surface area contributed by atoms with Gasteiger partial charge in [0.2, 0.25) is 0 Å². The van der Waals surface area contributed by atoms with Gasteiger partial charge in [0.1, 0.15) is 0 Å². The molecule has 0 aromatic carbocycles. The molecule has 0 bridgehead atoms. The molecule has 1 rings (SSSR count). The molecule has 0 spiro atoms. The minimum absolute atomic E-state index is 0.479. The van der Waals surface area contributed by atoms with Crippen LogP contribution in [0.2, 0.25) is 0 Å². The third-order valence-corrected chi connectivity index (χ3v) is 4.03. The smallest absolute Gasteiger partial charge is 0.00205 e. The minimum Gasteiger partial charge on any atom is -0.316 e. The molecule has 1 fully saturated rings. The number of nitrogens with one attached hydrogen (secondary N) is 1. The van der Waals surface area contributed by atoms with Gasteiger partial charge in [0, 0.05) is 0 Å². The van der Waals surface area contributed by atoms with Crippen molar-refractivity contribution >= 4 is 0 Å². The summed E-state index contributed by atoms with van der Waals surface area (Å²) in [6.07, 6.45) is 8.55. The second-order valence-electron chi connectivity index (χ2n) is 6.81. The van der Waals surface area contributed by atoms with Crippen molar-refractivity contribution in [2.45, 2.75) is 66.2 Å². The van der Waals surface area contributed by atoms with Crippen molar-refractivity contribution in [3.05, 3.63) is 0 Å². The fourth-order valence-electron chi connectivity index (χ4n) is 2.61. The highest BCUT2D eigenvalue weighted by atomic mass is 14.9. The van der Waals surface area contributed by atoms with Gasteiger partial charge < -0.3 is 5.32 Å².